The van der Waals surface area contributed by atoms with Crippen molar-refractivity contribution < 1.29 is 37.9 Å². The first kappa shape index (κ1) is 39.6. The van der Waals surface area contributed by atoms with Crippen molar-refractivity contribution in [1.29, 1.82) is 0 Å². The number of rotatable bonds is 17. The van der Waals surface area contributed by atoms with Crippen LogP contribution in [0.1, 0.15) is 57.3 Å². The number of nitrogens with two attached hydrogens (primary N) is 1. The minimum Gasteiger partial charge on any atom is -0.387 e. The van der Waals surface area contributed by atoms with E-state index in [2.05, 4.69) is 10.6 Å². The van der Waals surface area contributed by atoms with Gasteiger partial charge in [-0.05, 0) is 41.7 Å². The molecule has 2 heterocycles. The van der Waals surface area contributed by atoms with E-state index in [9.17, 15) is 37.9 Å². The molecule has 3 aromatic rings. The van der Waals surface area contributed by atoms with Crippen LogP contribution in [0.3, 0.4) is 0 Å². The van der Waals surface area contributed by atoms with Crippen LogP contribution in [-0.2, 0) is 30.5 Å². The van der Waals surface area contributed by atoms with E-state index in [0.29, 0.717) is 17.8 Å². The zero-order chi connectivity index (χ0) is 38.0. The Kier molecular flexibility index (Phi) is 13.6. The Morgan fingerprint density at radius 3 is 2.23 bits per heavy atom. The monoisotopic (exact) mass is 720 g/mol. The number of aromatic nitrogens is 1. The number of amides is 5. The number of imide groups is 1. The first-order chi connectivity index (χ1) is 24.7. The van der Waals surface area contributed by atoms with E-state index in [-0.39, 0.29) is 51.0 Å². The van der Waals surface area contributed by atoms with Gasteiger partial charge in [0.05, 0.1) is 6.04 Å². The highest BCUT2D eigenvalue weighted by molar-refractivity contribution is 6.12. The van der Waals surface area contributed by atoms with Crippen LogP contribution < -0.4 is 16.4 Å². The van der Waals surface area contributed by atoms with E-state index >= 15 is 0 Å². The fraction of sp³-hybridized carbons (Fsp3) is 0.395. The number of hydrogen-bond donors (Lipinski definition) is 4. The Morgan fingerprint density at radius 1 is 0.942 bits per heavy atom. The van der Waals surface area contributed by atoms with E-state index in [4.69, 9.17) is 5.73 Å². The van der Waals surface area contributed by atoms with E-state index in [1.165, 1.54) is 4.90 Å². The van der Waals surface area contributed by atoms with E-state index < -0.39 is 65.3 Å². The molecule has 5 N–H and O–H groups in total. The lowest BCUT2D eigenvalue weighted by Crippen LogP contribution is -2.46. The zero-order valence-corrected chi connectivity index (χ0v) is 29.6. The summed E-state index contributed by atoms with van der Waals surface area (Å²) in [5, 5.41) is 15.3. The number of nitrogens with one attached hydrogen (secondary N) is 2. The lowest BCUT2D eigenvalue weighted by Gasteiger charge is -2.41. The predicted molar refractivity (Wildman–Crippen MR) is 190 cm³/mol. The molecule has 0 saturated carbocycles. The molecule has 0 bridgehead atoms. The van der Waals surface area contributed by atoms with Crippen LogP contribution in [0.2, 0.25) is 0 Å². The Balaban J connectivity index is 1.43. The lowest BCUT2D eigenvalue weighted by molar-refractivity contribution is -0.140. The third-order valence-corrected chi connectivity index (χ3v) is 8.67. The van der Waals surface area contributed by atoms with Gasteiger partial charge in [0.15, 0.2) is 0 Å². The first-order valence-corrected chi connectivity index (χ1v) is 17.1. The summed E-state index contributed by atoms with van der Waals surface area (Å²) in [6.45, 7) is 5.67. The maximum Gasteiger partial charge on any atom is 0.253 e. The molecule has 2 atom stereocenters. The highest BCUT2D eigenvalue weighted by Gasteiger charge is 2.37. The summed E-state index contributed by atoms with van der Waals surface area (Å²) >= 11 is 0. The Labute approximate surface area is 301 Å². The van der Waals surface area contributed by atoms with Gasteiger partial charge >= 0.3 is 0 Å². The number of benzene rings is 2. The molecule has 1 aliphatic heterocycles. The van der Waals surface area contributed by atoms with Crippen LogP contribution in [0.25, 0.3) is 11.1 Å². The van der Waals surface area contributed by atoms with Gasteiger partial charge in [0.2, 0.25) is 17.7 Å². The van der Waals surface area contributed by atoms with Crippen LogP contribution in [-0.4, -0.2) is 87.8 Å². The van der Waals surface area contributed by atoms with Gasteiger partial charge in [-0.15, -0.1) is 0 Å². The standard InChI is InChI=1S/C38H46F2N6O6/c1-38(2,3)37(31-19-26(29-20-27(39)9-10-30(29)40)23-44(31)22-25-7-5-4-6-8-25)46(36(52)24-47)17-15-28(41)21-43-33(49)12-11-32(48)42-16-18-45-34(50)13-14-35(45)51/h4-10,13-14,19-20,23,28,37,47H,11-12,15-18,21-22,24,41H2,1-3H3,(H,42,48)(H,43,49)/t28-,37-/m0/s1. The number of carbonyl (C=O) groups excluding carboxylic acids is 5. The van der Waals surface area contributed by atoms with Crippen molar-refractivity contribution in [2.75, 3.05) is 32.8 Å². The van der Waals surface area contributed by atoms with E-state index in [0.717, 1.165) is 40.8 Å². The normalized spacial score (nSPS) is 14.0. The highest BCUT2D eigenvalue weighted by atomic mass is 19.1. The average molecular weight is 721 g/mol. The lowest BCUT2D eigenvalue weighted by atomic mass is 9.82. The van der Waals surface area contributed by atoms with Gasteiger partial charge < -0.3 is 30.9 Å². The van der Waals surface area contributed by atoms with Gasteiger partial charge in [-0.2, -0.15) is 0 Å². The number of carbonyl (C=O) groups is 5. The Morgan fingerprint density at radius 2 is 1.60 bits per heavy atom. The summed E-state index contributed by atoms with van der Waals surface area (Å²) in [4.78, 5) is 63.8. The number of nitrogens with zero attached hydrogens (tertiary/aromatic N) is 3. The van der Waals surface area contributed by atoms with E-state index in [1.807, 2.05) is 55.7 Å². The van der Waals surface area contributed by atoms with Crippen LogP contribution in [0.4, 0.5) is 8.78 Å². The van der Waals surface area contributed by atoms with Crippen molar-refractivity contribution in [3.63, 3.8) is 0 Å². The first-order valence-electron chi connectivity index (χ1n) is 17.1. The molecule has 0 aliphatic carbocycles. The third kappa shape index (κ3) is 10.7. The van der Waals surface area contributed by atoms with Gasteiger partial charge in [-0.25, -0.2) is 8.78 Å². The molecular formula is C38H46F2N6O6. The second-order valence-corrected chi connectivity index (χ2v) is 13.8. The highest BCUT2D eigenvalue weighted by Crippen LogP contribution is 2.41. The van der Waals surface area contributed by atoms with Crippen molar-refractivity contribution in [1.82, 2.24) is 25.0 Å². The molecule has 2 aromatic carbocycles. The Hall–Kier alpha value is -5.21. The quantitative estimate of drug-likeness (QED) is 0.156. The van der Waals surface area contributed by atoms with Gasteiger partial charge in [0, 0.05) is 86.8 Å². The van der Waals surface area contributed by atoms with Gasteiger partial charge in [0.25, 0.3) is 11.8 Å². The van der Waals surface area contributed by atoms with Crippen molar-refractivity contribution >= 4 is 29.5 Å². The van der Waals surface area contributed by atoms with Gasteiger partial charge in [0.1, 0.15) is 18.2 Å². The molecule has 52 heavy (non-hydrogen) atoms. The second kappa shape index (κ2) is 17.8. The molecule has 0 saturated heterocycles. The van der Waals surface area contributed by atoms with Crippen LogP contribution in [0, 0.1) is 17.0 Å². The number of hydrogen-bond acceptors (Lipinski definition) is 7. The Bertz CT molecular complexity index is 1770. The minimum absolute atomic E-state index is 0.0227. The summed E-state index contributed by atoms with van der Waals surface area (Å²) in [5.41, 5.74) is 7.85. The van der Waals surface area contributed by atoms with Crippen molar-refractivity contribution in [2.45, 2.75) is 58.7 Å². The smallest absolute Gasteiger partial charge is 0.253 e. The fourth-order valence-corrected chi connectivity index (χ4v) is 6.11. The van der Waals surface area contributed by atoms with Crippen LogP contribution >= 0.6 is 0 Å². The van der Waals surface area contributed by atoms with Gasteiger partial charge in [-0.3, -0.25) is 28.9 Å². The molecule has 4 rings (SSSR count). The molecule has 0 fully saturated rings. The molecule has 12 nitrogen and oxygen atoms in total. The maximum absolute atomic E-state index is 15.0. The molecule has 0 radical (unpaired) electrons. The fourth-order valence-electron chi connectivity index (χ4n) is 6.11. The molecule has 5 amide bonds. The molecule has 1 aliphatic rings. The maximum atomic E-state index is 15.0. The largest absolute Gasteiger partial charge is 0.387 e. The topological polar surface area (TPSA) is 167 Å². The summed E-state index contributed by atoms with van der Waals surface area (Å²) in [5.74, 6) is -3.47. The predicted octanol–water partition coefficient (Wildman–Crippen LogP) is 3.04. The molecule has 278 valence electrons. The van der Waals surface area contributed by atoms with Gasteiger partial charge in [-0.1, -0.05) is 51.1 Å². The molecule has 0 spiro atoms. The number of halogens is 2. The van der Waals surface area contributed by atoms with Crippen LogP contribution in [0.5, 0.6) is 0 Å². The summed E-state index contributed by atoms with van der Waals surface area (Å²) < 4.78 is 31.2. The van der Waals surface area contributed by atoms with Crippen molar-refractivity contribution in [3.05, 3.63) is 95.8 Å². The number of aliphatic hydroxyl groups excluding tert-OH is 1. The van der Waals surface area contributed by atoms with Crippen LogP contribution in [0.15, 0.2) is 72.9 Å². The number of aliphatic hydroxyl groups is 1. The minimum atomic E-state index is -0.771. The third-order valence-electron chi connectivity index (χ3n) is 8.67. The molecule has 1 aromatic heterocycles. The summed E-state index contributed by atoms with van der Waals surface area (Å²) in [7, 11) is 0. The average Bonchev–Trinajstić information content (AvgIpc) is 3.66. The molecular weight excluding hydrogens is 674 g/mol. The molecule has 0 unspecified atom stereocenters. The summed E-state index contributed by atoms with van der Waals surface area (Å²) in [6.07, 6.45) is 4.06. The summed E-state index contributed by atoms with van der Waals surface area (Å²) in [6, 6.07) is 13.3. The van der Waals surface area contributed by atoms with Crippen molar-refractivity contribution in [2.24, 2.45) is 11.1 Å². The molecule has 14 heteroatoms. The van der Waals surface area contributed by atoms with E-state index in [1.54, 1.807) is 12.3 Å². The second-order valence-electron chi connectivity index (χ2n) is 13.8. The van der Waals surface area contributed by atoms with Crippen molar-refractivity contribution in [3.8, 4) is 11.1 Å². The SMILES string of the molecule is CC(C)(C)[C@H](c1cc(-c2cc(F)ccc2F)cn1Cc1ccccc1)N(CC[C@H](N)CNC(=O)CCC(=O)NCCN1C(=O)C=CC1=O)C(=O)CO. The zero-order valence-electron chi connectivity index (χ0n) is 29.6.